The number of benzene rings is 1. The molecule has 0 aliphatic carbocycles. The van der Waals surface area contributed by atoms with Crippen LogP contribution >= 0.6 is 23.4 Å². The van der Waals surface area contributed by atoms with Crippen molar-refractivity contribution in [1.82, 2.24) is 4.98 Å². The van der Waals surface area contributed by atoms with Crippen LogP contribution in [-0.4, -0.2) is 10.2 Å². The molecule has 1 heterocycles. The van der Waals surface area contributed by atoms with Gasteiger partial charge in [-0.2, -0.15) is 0 Å². The first-order valence-corrected chi connectivity index (χ1v) is 6.40. The summed E-state index contributed by atoms with van der Waals surface area (Å²) in [6.07, 6.45) is 0. The van der Waals surface area contributed by atoms with Crippen molar-refractivity contribution in [3.63, 3.8) is 0 Å². The van der Waals surface area contributed by atoms with E-state index in [4.69, 9.17) is 11.8 Å². The zero-order valence-corrected chi connectivity index (χ0v) is 10.9. The lowest BCUT2D eigenvalue weighted by atomic mass is 10.2. The molecule has 2 rings (SSSR count). The minimum absolute atomic E-state index is 0.564. The normalized spacial score (nSPS) is 10.3. The highest BCUT2D eigenvalue weighted by molar-refractivity contribution is 7.94. The van der Waals surface area contributed by atoms with Gasteiger partial charge in [-0.3, -0.25) is 4.98 Å². The Kier molecular flexibility index (Phi) is 4.30. The van der Waals surface area contributed by atoms with Gasteiger partial charge < -0.3 is 0 Å². The maximum absolute atomic E-state index is 8.11. The van der Waals surface area contributed by atoms with Crippen molar-refractivity contribution < 1.29 is 14.6 Å². The smallest absolute Gasteiger partial charge is 0.254 e. The summed E-state index contributed by atoms with van der Waals surface area (Å²) < 4.78 is 4.37. The topological polar surface area (TPSA) is 55.9 Å². The molecule has 0 saturated carbocycles. The second-order valence-electron chi connectivity index (χ2n) is 3.25. The fourth-order valence-electron chi connectivity index (χ4n) is 1.43. The number of thiazole rings is 1. The van der Waals surface area contributed by atoms with Crippen molar-refractivity contribution in [2.45, 2.75) is 11.8 Å². The number of rotatable bonds is 4. The molecule has 0 aliphatic rings. The van der Waals surface area contributed by atoms with Crippen LogP contribution in [0.1, 0.15) is 5.01 Å². The van der Waals surface area contributed by atoms with Crippen molar-refractivity contribution in [1.29, 1.82) is 0 Å². The van der Waals surface area contributed by atoms with E-state index < -0.39 is 0 Å². The largest absolute Gasteiger partial charge is 0.268 e. The van der Waals surface area contributed by atoms with Gasteiger partial charge in [-0.05, 0) is 24.6 Å². The Bertz CT molecular complexity index is 592. The lowest BCUT2D eigenvalue weighted by molar-refractivity contribution is -0.432. The van der Waals surface area contributed by atoms with Crippen molar-refractivity contribution in [2.75, 3.05) is 0 Å². The van der Waals surface area contributed by atoms with Crippen molar-refractivity contribution in [3.05, 3.63) is 40.7 Å². The van der Waals surface area contributed by atoms with Crippen molar-refractivity contribution in [2.24, 2.45) is 0 Å². The second-order valence-corrected chi connectivity index (χ2v) is 5.21. The van der Waals surface area contributed by atoms with Crippen LogP contribution in [0.2, 0.25) is 0 Å². The molecular formula is C11H8N2O3S2. The highest BCUT2D eigenvalue weighted by Gasteiger charge is 2.11. The first kappa shape index (κ1) is 13.0. The molecule has 0 atom stereocenters. The summed E-state index contributed by atoms with van der Waals surface area (Å²) in [6.45, 7) is 8.99. The van der Waals surface area contributed by atoms with Crippen molar-refractivity contribution >= 4 is 28.4 Å². The molecule has 0 fully saturated rings. The number of aromatic nitrogens is 1. The molecule has 1 aromatic carbocycles. The highest BCUT2D eigenvalue weighted by Crippen LogP contribution is 2.36. The van der Waals surface area contributed by atoms with Gasteiger partial charge in [0.05, 0.1) is 29.3 Å². The van der Waals surface area contributed by atoms with Gasteiger partial charge in [0.25, 0.3) is 5.00 Å². The zero-order chi connectivity index (χ0) is 13.0. The molecule has 0 saturated heterocycles. The van der Waals surface area contributed by atoms with E-state index in [1.54, 1.807) is 6.07 Å². The number of nitrogens with zero attached hydrogens (tertiary/aromatic N) is 2. The van der Waals surface area contributed by atoms with E-state index in [-0.39, 0.29) is 0 Å². The molecule has 0 spiro atoms. The molecule has 18 heavy (non-hydrogen) atoms. The Hall–Kier alpha value is -1.43. The zero-order valence-electron chi connectivity index (χ0n) is 9.28. The van der Waals surface area contributed by atoms with Gasteiger partial charge in [-0.1, -0.05) is 17.2 Å². The number of hydrogen-bond acceptors (Lipinski definition) is 6. The molecule has 0 amide bonds. The Morgan fingerprint density at radius 1 is 1.50 bits per heavy atom. The third-order valence-electron chi connectivity index (χ3n) is 2.09. The fourth-order valence-corrected chi connectivity index (χ4v) is 2.57. The maximum atomic E-state index is 8.11. The van der Waals surface area contributed by atoms with Crippen molar-refractivity contribution in [3.8, 4) is 11.3 Å². The van der Waals surface area contributed by atoms with Gasteiger partial charge in [0.2, 0.25) is 0 Å². The molecular weight excluding hydrogens is 272 g/mol. The third kappa shape index (κ3) is 2.87. The molecule has 92 valence electrons. The van der Waals surface area contributed by atoms with E-state index >= 15 is 0 Å². The van der Waals surface area contributed by atoms with Crippen LogP contribution in [0.4, 0.5) is 5.00 Å². The van der Waals surface area contributed by atoms with E-state index in [1.165, 1.54) is 11.3 Å². The molecule has 0 bridgehead atoms. The molecule has 0 unspecified atom stereocenters. The quantitative estimate of drug-likeness (QED) is 0.395. The van der Waals surface area contributed by atoms with Crippen LogP contribution in [0, 0.1) is 13.5 Å². The summed E-state index contributed by atoms with van der Waals surface area (Å²) in [5, 5.41) is 13.1. The van der Waals surface area contributed by atoms with Crippen LogP contribution in [0.3, 0.4) is 0 Å². The number of hydrogen-bond donors (Lipinski definition) is 1. The predicted octanol–water partition coefficient (Wildman–Crippen LogP) is 4.10. The van der Waals surface area contributed by atoms with Gasteiger partial charge in [0, 0.05) is 4.90 Å². The molecule has 5 nitrogen and oxygen atoms in total. The Morgan fingerprint density at radius 2 is 2.33 bits per heavy atom. The molecule has 1 N–H and O–H groups in total. The second kappa shape index (κ2) is 5.95. The summed E-state index contributed by atoms with van der Waals surface area (Å²) in [7, 11) is 0. The predicted molar refractivity (Wildman–Crippen MR) is 69.2 cm³/mol. The average Bonchev–Trinajstić information content (AvgIpc) is 2.78. The summed E-state index contributed by atoms with van der Waals surface area (Å²) in [5.74, 6) is 0. The molecule has 0 aliphatic heterocycles. The van der Waals surface area contributed by atoms with Crippen LogP contribution in [0.5, 0.6) is 0 Å². The first-order chi connectivity index (χ1) is 8.74. The standard InChI is InChI=1S/C11H8N2O3S2/c1-7-13-10(11(12-2)17-7)8-4-3-5-9(6-8)18-16-15-14/h3-6,14H,1H3. The summed E-state index contributed by atoms with van der Waals surface area (Å²) in [5.41, 5.74) is 1.50. The van der Waals surface area contributed by atoms with Gasteiger partial charge in [0.15, 0.2) is 0 Å². The van der Waals surface area contributed by atoms with Gasteiger partial charge >= 0.3 is 0 Å². The Balaban J connectivity index is 2.35. The van der Waals surface area contributed by atoms with Crippen LogP contribution in [0.15, 0.2) is 29.2 Å². The average molecular weight is 280 g/mol. The summed E-state index contributed by atoms with van der Waals surface area (Å²) in [4.78, 5) is 8.55. The van der Waals surface area contributed by atoms with E-state index in [2.05, 4.69) is 19.2 Å². The van der Waals surface area contributed by atoms with E-state index in [0.717, 1.165) is 27.5 Å². The molecule has 2 aromatic rings. The lowest BCUT2D eigenvalue weighted by Gasteiger charge is -2.01. The van der Waals surface area contributed by atoms with Crippen LogP contribution in [0.25, 0.3) is 16.1 Å². The fraction of sp³-hybridized carbons (Fsp3) is 0.0909. The molecule has 0 radical (unpaired) electrons. The first-order valence-electron chi connectivity index (χ1n) is 4.84. The van der Waals surface area contributed by atoms with Gasteiger partial charge in [-0.15, -0.1) is 15.7 Å². The van der Waals surface area contributed by atoms with Gasteiger partial charge in [0.1, 0.15) is 0 Å². The lowest BCUT2D eigenvalue weighted by Crippen LogP contribution is -1.82. The Labute approximate surface area is 112 Å². The third-order valence-corrected chi connectivity index (χ3v) is 3.53. The SMILES string of the molecule is [C-]#[N+]c1sc(C)nc1-c1cccc(SOOO)c1. The minimum atomic E-state index is 0.564. The van der Waals surface area contributed by atoms with Crippen LogP contribution < -0.4 is 0 Å². The van der Waals surface area contributed by atoms with E-state index in [1.807, 2.05) is 25.1 Å². The van der Waals surface area contributed by atoms with E-state index in [9.17, 15) is 0 Å². The minimum Gasteiger partial charge on any atom is -0.254 e. The summed E-state index contributed by atoms with van der Waals surface area (Å²) >= 11 is 2.24. The van der Waals surface area contributed by atoms with Gasteiger partial charge in [-0.25, -0.2) is 10.1 Å². The Morgan fingerprint density at radius 3 is 3.06 bits per heavy atom. The monoisotopic (exact) mass is 280 g/mol. The highest BCUT2D eigenvalue weighted by atomic mass is 32.2. The van der Waals surface area contributed by atoms with E-state index in [0.29, 0.717) is 10.7 Å². The van der Waals surface area contributed by atoms with Crippen LogP contribution in [-0.2, 0) is 9.37 Å². The number of aryl methyl sites for hydroxylation is 1. The summed E-state index contributed by atoms with van der Waals surface area (Å²) in [6, 6.07) is 7.30. The molecule has 1 aromatic heterocycles. The maximum Gasteiger partial charge on any atom is 0.268 e. The molecule has 7 heteroatoms.